The Labute approximate surface area is 195 Å². The SMILES string of the molecule is CCCCN(c1nc(Cl)nc(NC(C)(C)CC(C)(C)C)n1)C1CC(C)(C)NC(C)(C)C1. The van der Waals surface area contributed by atoms with Gasteiger partial charge in [0.15, 0.2) is 0 Å². The van der Waals surface area contributed by atoms with Crippen LogP contribution >= 0.6 is 11.6 Å². The van der Waals surface area contributed by atoms with Gasteiger partial charge in [0.25, 0.3) is 0 Å². The molecule has 1 saturated heterocycles. The molecule has 1 aliphatic rings. The van der Waals surface area contributed by atoms with Crippen molar-refractivity contribution in [2.45, 2.75) is 124 Å². The van der Waals surface area contributed by atoms with Gasteiger partial charge in [-0.05, 0) is 84.2 Å². The molecule has 6 nitrogen and oxygen atoms in total. The lowest BCUT2D eigenvalue weighted by Gasteiger charge is -2.49. The molecule has 2 heterocycles. The van der Waals surface area contributed by atoms with Crippen LogP contribution in [0.1, 0.15) is 101 Å². The Balaban J connectivity index is 2.37. The zero-order chi connectivity index (χ0) is 23.7. The van der Waals surface area contributed by atoms with Crippen LogP contribution in [0.4, 0.5) is 11.9 Å². The molecule has 0 bridgehead atoms. The molecule has 1 aromatic rings. The van der Waals surface area contributed by atoms with Crippen molar-refractivity contribution in [3.05, 3.63) is 5.28 Å². The Morgan fingerprint density at radius 1 is 1.03 bits per heavy atom. The molecule has 178 valence electrons. The van der Waals surface area contributed by atoms with Gasteiger partial charge in [-0.3, -0.25) is 0 Å². The Morgan fingerprint density at radius 3 is 2.13 bits per heavy atom. The zero-order valence-corrected chi connectivity index (χ0v) is 22.2. The standard InChI is InChI=1S/C24H45ClN6/c1-11-12-13-31(17-14-22(5,6)30-23(7,8)15-17)20-27-18(25)26-19(28-20)29-24(9,10)16-21(2,3)4/h17,30H,11-16H2,1-10H3,(H,26,27,28,29). The molecular weight excluding hydrogens is 408 g/mol. The minimum absolute atomic E-state index is 0.0451. The summed E-state index contributed by atoms with van der Waals surface area (Å²) in [4.78, 5) is 16.2. The maximum absolute atomic E-state index is 6.40. The van der Waals surface area contributed by atoms with E-state index < -0.39 is 0 Å². The van der Waals surface area contributed by atoms with E-state index in [-0.39, 0.29) is 27.3 Å². The number of aromatic nitrogens is 3. The number of hydrogen-bond acceptors (Lipinski definition) is 6. The van der Waals surface area contributed by atoms with Crippen LogP contribution < -0.4 is 15.5 Å². The second-order valence-electron chi connectivity index (χ2n) is 12.5. The predicted octanol–water partition coefficient (Wildman–Crippen LogP) is 6.07. The number of rotatable bonds is 8. The molecule has 2 rings (SSSR count). The molecule has 0 aromatic carbocycles. The summed E-state index contributed by atoms with van der Waals surface area (Å²) >= 11 is 6.40. The van der Waals surface area contributed by atoms with Crippen LogP contribution in [0.15, 0.2) is 0 Å². The van der Waals surface area contributed by atoms with E-state index in [1.165, 1.54) is 0 Å². The third-order valence-corrected chi connectivity index (χ3v) is 5.81. The molecule has 2 N–H and O–H groups in total. The highest BCUT2D eigenvalue weighted by Gasteiger charge is 2.40. The van der Waals surface area contributed by atoms with E-state index in [2.05, 4.69) is 94.7 Å². The van der Waals surface area contributed by atoms with Gasteiger partial charge in [0, 0.05) is 29.2 Å². The summed E-state index contributed by atoms with van der Waals surface area (Å²) in [6.45, 7) is 23.4. The summed E-state index contributed by atoms with van der Waals surface area (Å²) < 4.78 is 0. The van der Waals surface area contributed by atoms with Crippen molar-refractivity contribution in [2.75, 3.05) is 16.8 Å². The van der Waals surface area contributed by atoms with Gasteiger partial charge in [-0.15, -0.1) is 0 Å². The maximum Gasteiger partial charge on any atom is 0.231 e. The Morgan fingerprint density at radius 2 is 1.61 bits per heavy atom. The molecule has 1 fully saturated rings. The summed E-state index contributed by atoms with van der Waals surface area (Å²) in [7, 11) is 0. The largest absolute Gasteiger partial charge is 0.349 e. The second kappa shape index (κ2) is 9.38. The lowest BCUT2D eigenvalue weighted by Crippen LogP contribution is -2.62. The van der Waals surface area contributed by atoms with Crippen LogP contribution in [0.2, 0.25) is 5.28 Å². The average Bonchev–Trinajstić information content (AvgIpc) is 2.48. The molecule has 7 heteroatoms. The summed E-state index contributed by atoms with van der Waals surface area (Å²) in [5, 5.41) is 7.54. The van der Waals surface area contributed by atoms with Crippen molar-refractivity contribution >= 4 is 23.5 Å². The molecule has 0 spiro atoms. The number of anilines is 2. The van der Waals surface area contributed by atoms with Crippen LogP contribution in [0.25, 0.3) is 0 Å². The van der Waals surface area contributed by atoms with Gasteiger partial charge in [0.1, 0.15) is 0 Å². The van der Waals surface area contributed by atoms with Crippen molar-refractivity contribution in [1.29, 1.82) is 0 Å². The van der Waals surface area contributed by atoms with E-state index in [1.54, 1.807) is 0 Å². The molecule has 0 amide bonds. The van der Waals surface area contributed by atoms with E-state index in [0.29, 0.717) is 17.9 Å². The zero-order valence-electron chi connectivity index (χ0n) is 21.5. The number of nitrogens with one attached hydrogen (secondary N) is 2. The van der Waals surface area contributed by atoms with Crippen molar-refractivity contribution in [1.82, 2.24) is 20.3 Å². The van der Waals surface area contributed by atoms with Gasteiger partial charge in [-0.25, -0.2) is 0 Å². The van der Waals surface area contributed by atoms with E-state index in [0.717, 1.165) is 38.6 Å². The fourth-order valence-electron chi connectivity index (χ4n) is 5.46. The van der Waals surface area contributed by atoms with Crippen molar-refractivity contribution in [2.24, 2.45) is 5.41 Å². The summed E-state index contributed by atoms with van der Waals surface area (Å²) in [5.74, 6) is 1.24. The van der Waals surface area contributed by atoms with E-state index in [9.17, 15) is 0 Å². The maximum atomic E-state index is 6.40. The van der Waals surface area contributed by atoms with E-state index in [1.807, 2.05) is 0 Å². The highest BCUT2D eigenvalue weighted by Crippen LogP contribution is 2.34. The minimum Gasteiger partial charge on any atom is -0.349 e. The van der Waals surface area contributed by atoms with Gasteiger partial charge in [0.2, 0.25) is 17.2 Å². The first-order valence-electron chi connectivity index (χ1n) is 11.8. The van der Waals surface area contributed by atoms with Gasteiger partial charge in [-0.2, -0.15) is 15.0 Å². The van der Waals surface area contributed by atoms with Crippen LogP contribution in [0.3, 0.4) is 0 Å². The summed E-state index contributed by atoms with van der Waals surface area (Å²) in [5.41, 5.74) is 0.121. The quantitative estimate of drug-likeness (QED) is 0.499. The predicted molar refractivity (Wildman–Crippen MR) is 133 cm³/mol. The molecule has 1 aliphatic heterocycles. The monoisotopic (exact) mass is 452 g/mol. The average molecular weight is 453 g/mol. The van der Waals surface area contributed by atoms with Crippen LogP contribution in [0.5, 0.6) is 0 Å². The molecule has 0 atom stereocenters. The first kappa shape index (κ1) is 26.1. The second-order valence-corrected chi connectivity index (χ2v) is 12.8. The van der Waals surface area contributed by atoms with Crippen molar-refractivity contribution in [3.8, 4) is 0 Å². The van der Waals surface area contributed by atoms with Gasteiger partial charge < -0.3 is 15.5 Å². The van der Waals surface area contributed by atoms with Crippen molar-refractivity contribution < 1.29 is 0 Å². The number of unbranched alkanes of at least 4 members (excludes halogenated alkanes) is 1. The van der Waals surface area contributed by atoms with E-state index >= 15 is 0 Å². The first-order chi connectivity index (χ1) is 14.0. The number of halogens is 1. The number of piperidine rings is 1. The molecule has 31 heavy (non-hydrogen) atoms. The van der Waals surface area contributed by atoms with Crippen LogP contribution in [-0.2, 0) is 0 Å². The van der Waals surface area contributed by atoms with Gasteiger partial charge >= 0.3 is 0 Å². The topological polar surface area (TPSA) is 66.0 Å². The Kier molecular flexibility index (Phi) is 7.90. The fourth-order valence-corrected chi connectivity index (χ4v) is 5.62. The van der Waals surface area contributed by atoms with Crippen LogP contribution in [0, 0.1) is 5.41 Å². The first-order valence-corrected chi connectivity index (χ1v) is 12.1. The fraction of sp³-hybridized carbons (Fsp3) is 0.875. The van der Waals surface area contributed by atoms with Crippen molar-refractivity contribution in [3.63, 3.8) is 0 Å². The number of hydrogen-bond donors (Lipinski definition) is 2. The lowest BCUT2D eigenvalue weighted by atomic mass is 9.79. The Hall–Kier alpha value is -1.14. The molecule has 0 aliphatic carbocycles. The Bertz CT molecular complexity index is 722. The van der Waals surface area contributed by atoms with Gasteiger partial charge in [0.05, 0.1) is 0 Å². The third kappa shape index (κ3) is 8.38. The molecule has 0 saturated carbocycles. The normalized spacial score (nSPS) is 19.3. The number of nitrogens with zero attached hydrogens (tertiary/aromatic N) is 4. The lowest BCUT2D eigenvalue weighted by molar-refractivity contribution is 0.157. The molecule has 0 unspecified atom stereocenters. The highest BCUT2D eigenvalue weighted by atomic mass is 35.5. The van der Waals surface area contributed by atoms with E-state index in [4.69, 9.17) is 16.6 Å². The smallest absolute Gasteiger partial charge is 0.231 e. The molecular formula is C24H45ClN6. The molecule has 1 aromatic heterocycles. The van der Waals surface area contributed by atoms with Crippen LogP contribution in [-0.4, -0.2) is 44.2 Å². The molecule has 0 radical (unpaired) electrons. The van der Waals surface area contributed by atoms with Gasteiger partial charge in [-0.1, -0.05) is 34.1 Å². The summed E-state index contributed by atoms with van der Waals surface area (Å²) in [6, 6.07) is 0.340. The summed E-state index contributed by atoms with van der Waals surface area (Å²) in [6.07, 6.45) is 5.25. The third-order valence-electron chi connectivity index (χ3n) is 5.64. The minimum atomic E-state index is -0.160. The highest BCUT2D eigenvalue weighted by molar-refractivity contribution is 6.28.